The topological polar surface area (TPSA) is 63.8 Å². The van der Waals surface area contributed by atoms with Crippen LogP contribution in [0.1, 0.15) is 11.3 Å². The normalized spacial score (nSPS) is 10.8. The molecular weight excluding hydrogens is 256 g/mol. The Morgan fingerprint density at radius 3 is 3.05 bits per heavy atom. The monoisotopic (exact) mass is 270 g/mol. The Bertz CT molecular complexity index is 720. The predicted octanol–water partition coefficient (Wildman–Crippen LogP) is 3.19. The first-order chi connectivity index (χ1) is 9.22. The molecular formula is C14H14N4S. The molecule has 0 amide bonds. The number of hydrogen-bond acceptors (Lipinski definition) is 5. The van der Waals surface area contributed by atoms with Crippen molar-refractivity contribution >= 4 is 32.4 Å². The Hall–Kier alpha value is -2.14. The lowest BCUT2D eigenvalue weighted by Crippen LogP contribution is -2.02. The van der Waals surface area contributed by atoms with Gasteiger partial charge < -0.3 is 11.1 Å². The first kappa shape index (κ1) is 11.9. The molecule has 0 spiro atoms. The number of benzene rings is 1. The average Bonchev–Trinajstić information content (AvgIpc) is 2.79. The Kier molecular flexibility index (Phi) is 3.05. The highest BCUT2D eigenvalue weighted by Gasteiger charge is 2.05. The van der Waals surface area contributed by atoms with E-state index in [1.54, 1.807) is 11.3 Å². The predicted molar refractivity (Wildman–Crippen MR) is 80.3 cm³/mol. The van der Waals surface area contributed by atoms with Crippen LogP contribution in [0.2, 0.25) is 0 Å². The van der Waals surface area contributed by atoms with Crippen LogP contribution in [0.25, 0.3) is 10.2 Å². The molecule has 0 saturated heterocycles. The molecule has 0 saturated carbocycles. The van der Waals surface area contributed by atoms with Gasteiger partial charge in [-0.15, -0.1) is 0 Å². The minimum Gasteiger partial charge on any atom is -0.399 e. The van der Waals surface area contributed by atoms with Gasteiger partial charge >= 0.3 is 0 Å². The second kappa shape index (κ2) is 4.85. The SMILES string of the molecule is Cc1cccnc1CNc1nc2ccc(N)cc2s1. The molecule has 0 aliphatic heterocycles. The molecule has 0 atom stereocenters. The van der Waals surface area contributed by atoms with Crippen LogP contribution in [0, 0.1) is 6.92 Å². The van der Waals surface area contributed by atoms with E-state index >= 15 is 0 Å². The molecule has 1 aromatic carbocycles. The molecule has 96 valence electrons. The van der Waals surface area contributed by atoms with Gasteiger partial charge in [-0.25, -0.2) is 4.98 Å². The van der Waals surface area contributed by atoms with Gasteiger partial charge in [0, 0.05) is 11.9 Å². The average molecular weight is 270 g/mol. The van der Waals surface area contributed by atoms with E-state index in [1.165, 1.54) is 5.56 Å². The van der Waals surface area contributed by atoms with Gasteiger partial charge in [0.05, 0.1) is 22.5 Å². The lowest BCUT2D eigenvalue weighted by Gasteiger charge is -2.04. The maximum Gasteiger partial charge on any atom is 0.184 e. The first-order valence-corrected chi connectivity index (χ1v) is 6.84. The van der Waals surface area contributed by atoms with Crippen LogP contribution < -0.4 is 11.1 Å². The number of pyridine rings is 1. The molecule has 2 heterocycles. The first-order valence-electron chi connectivity index (χ1n) is 6.03. The summed E-state index contributed by atoms with van der Waals surface area (Å²) in [5, 5.41) is 4.21. The maximum absolute atomic E-state index is 5.77. The summed E-state index contributed by atoms with van der Waals surface area (Å²) in [6.07, 6.45) is 1.81. The van der Waals surface area contributed by atoms with Gasteiger partial charge in [0.15, 0.2) is 5.13 Å². The lowest BCUT2D eigenvalue weighted by molar-refractivity contribution is 1.02. The highest BCUT2D eigenvalue weighted by Crippen LogP contribution is 2.27. The number of aromatic nitrogens is 2. The van der Waals surface area contributed by atoms with Gasteiger partial charge in [-0.3, -0.25) is 4.98 Å². The summed E-state index contributed by atoms with van der Waals surface area (Å²) in [4.78, 5) is 8.88. The van der Waals surface area contributed by atoms with Crippen molar-refractivity contribution in [3.63, 3.8) is 0 Å². The molecule has 0 aliphatic rings. The number of hydrogen-bond donors (Lipinski definition) is 2. The van der Waals surface area contributed by atoms with Crippen LogP contribution >= 0.6 is 11.3 Å². The van der Waals surface area contributed by atoms with Crippen molar-refractivity contribution in [2.24, 2.45) is 0 Å². The summed E-state index contributed by atoms with van der Waals surface area (Å²) in [5.41, 5.74) is 9.73. The number of rotatable bonds is 3. The van der Waals surface area contributed by atoms with Crippen LogP contribution in [-0.4, -0.2) is 9.97 Å². The van der Waals surface area contributed by atoms with Crippen molar-refractivity contribution in [3.05, 3.63) is 47.8 Å². The van der Waals surface area contributed by atoms with E-state index in [-0.39, 0.29) is 0 Å². The van der Waals surface area contributed by atoms with Crippen LogP contribution in [-0.2, 0) is 6.54 Å². The maximum atomic E-state index is 5.77. The number of nitrogens with zero attached hydrogens (tertiary/aromatic N) is 2. The molecule has 2 aromatic heterocycles. The van der Waals surface area contributed by atoms with Gasteiger partial charge in [0.1, 0.15) is 0 Å². The summed E-state index contributed by atoms with van der Waals surface area (Å²) in [5.74, 6) is 0. The summed E-state index contributed by atoms with van der Waals surface area (Å²) >= 11 is 1.61. The smallest absolute Gasteiger partial charge is 0.184 e. The van der Waals surface area contributed by atoms with Gasteiger partial charge in [0.2, 0.25) is 0 Å². The van der Waals surface area contributed by atoms with Gasteiger partial charge in [-0.2, -0.15) is 0 Å². The number of aryl methyl sites for hydroxylation is 1. The molecule has 0 aliphatic carbocycles. The van der Waals surface area contributed by atoms with Gasteiger partial charge in [-0.1, -0.05) is 17.4 Å². The standard InChI is InChI=1S/C14H14N4S/c1-9-3-2-6-16-12(9)8-17-14-18-11-5-4-10(15)7-13(11)19-14/h2-7H,8,15H2,1H3,(H,17,18). The lowest BCUT2D eigenvalue weighted by atomic mass is 10.2. The molecule has 0 fully saturated rings. The molecule has 0 bridgehead atoms. The molecule has 0 unspecified atom stereocenters. The Morgan fingerprint density at radius 2 is 2.21 bits per heavy atom. The van der Waals surface area contributed by atoms with Crippen LogP contribution in [0.3, 0.4) is 0 Å². The summed E-state index contributed by atoms with van der Waals surface area (Å²) in [7, 11) is 0. The molecule has 4 nitrogen and oxygen atoms in total. The Balaban J connectivity index is 1.80. The zero-order chi connectivity index (χ0) is 13.2. The van der Waals surface area contributed by atoms with E-state index in [2.05, 4.69) is 28.3 Å². The minimum atomic E-state index is 0.683. The molecule has 3 aromatic rings. The summed E-state index contributed by atoms with van der Waals surface area (Å²) in [6, 6.07) is 9.76. The molecule has 3 N–H and O–H groups in total. The van der Waals surface area contributed by atoms with Crippen molar-refractivity contribution in [1.29, 1.82) is 0 Å². The van der Waals surface area contributed by atoms with Crippen molar-refractivity contribution < 1.29 is 0 Å². The Labute approximate surface area is 115 Å². The van der Waals surface area contributed by atoms with Crippen molar-refractivity contribution in [2.75, 3.05) is 11.1 Å². The second-order valence-electron chi connectivity index (χ2n) is 4.37. The third-order valence-electron chi connectivity index (χ3n) is 2.94. The quantitative estimate of drug-likeness (QED) is 0.717. The van der Waals surface area contributed by atoms with E-state index in [4.69, 9.17) is 5.73 Å². The number of nitrogens with two attached hydrogens (primary N) is 1. The zero-order valence-corrected chi connectivity index (χ0v) is 11.4. The fourth-order valence-corrected chi connectivity index (χ4v) is 2.79. The molecule has 0 radical (unpaired) electrons. The van der Waals surface area contributed by atoms with Crippen LogP contribution in [0.4, 0.5) is 10.8 Å². The highest BCUT2D eigenvalue weighted by atomic mass is 32.1. The van der Waals surface area contributed by atoms with Crippen molar-refractivity contribution in [2.45, 2.75) is 13.5 Å². The third-order valence-corrected chi connectivity index (χ3v) is 3.91. The van der Waals surface area contributed by atoms with Gasteiger partial charge in [0.25, 0.3) is 0 Å². The molecule has 5 heteroatoms. The zero-order valence-electron chi connectivity index (χ0n) is 10.6. The van der Waals surface area contributed by atoms with Crippen LogP contribution in [0.15, 0.2) is 36.5 Å². The van der Waals surface area contributed by atoms with Crippen molar-refractivity contribution in [1.82, 2.24) is 9.97 Å². The summed E-state index contributed by atoms with van der Waals surface area (Å²) in [6.45, 7) is 2.74. The number of nitrogens with one attached hydrogen (secondary N) is 1. The van der Waals surface area contributed by atoms with Gasteiger partial charge in [-0.05, 0) is 36.8 Å². The molecule has 19 heavy (non-hydrogen) atoms. The highest BCUT2D eigenvalue weighted by molar-refractivity contribution is 7.22. The molecule has 3 rings (SSSR count). The largest absolute Gasteiger partial charge is 0.399 e. The summed E-state index contributed by atoms with van der Waals surface area (Å²) < 4.78 is 1.10. The number of thiazole rings is 1. The van der Waals surface area contributed by atoms with E-state index in [0.717, 1.165) is 26.7 Å². The number of anilines is 2. The second-order valence-corrected chi connectivity index (χ2v) is 5.40. The van der Waals surface area contributed by atoms with E-state index < -0.39 is 0 Å². The number of fused-ring (bicyclic) bond motifs is 1. The van der Waals surface area contributed by atoms with E-state index in [1.807, 2.05) is 30.5 Å². The Morgan fingerprint density at radius 1 is 1.32 bits per heavy atom. The fraction of sp³-hybridized carbons (Fsp3) is 0.143. The van der Waals surface area contributed by atoms with Crippen LogP contribution in [0.5, 0.6) is 0 Å². The van der Waals surface area contributed by atoms with E-state index in [9.17, 15) is 0 Å². The number of nitrogen functional groups attached to an aromatic ring is 1. The minimum absolute atomic E-state index is 0.683. The third kappa shape index (κ3) is 2.51. The van der Waals surface area contributed by atoms with E-state index in [0.29, 0.717) is 6.54 Å². The fourth-order valence-electron chi connectivity index (χ4n) is 1.88. The van der Waals surface area contributed by atoms with Crippen molar-refractivity contribution in [3.8, 4) is 0 Å².